The third-order valence-corrected chi connectivity index (χ3v) is 28.7. The zero-order valence-corrected chi connectivity index (χ0v) is 73.4. The van der Waals surface area contributed by atoms with Crippen LogP contribution in [0.4, 0.5) is 0 Å². The van der Waals surface area contributed by atoms with E-state index >= 15 is 0 Å². The maximum Gasteiger partial charge on any atom is 0.488 e. The molecule has 0 bridgehead atoms. The summed E-state index contributed by atoms with van der Waals surface area (Å²) in [5.41, 5.74) is 28.8. The molecule has 0 aliphatic rings. The molecule has 636 valence electrons. The second-order valence-corrected chi connectivity index (χ2v) is 36.4. The van der Waals surface area contributed by atoms with Gasteiger partial charge in [0.25, 0.3) is 0 Å². The molecule has 0 aliphatic carbocycles. The maximum absolute atomic E-state index is 9.60. The minimum atomic E-state index is -1.53. The molecule has 0 fully saturated rings. The molecule has 0 amide bonds. The van der Waals surface area contributed by atoms with Gasteiger partial charge in [-0.05, 0) is 235 Å². The predicted molar refractivity (Wildman–Crippen MR) is 558 cm³/mol. The largest absolute Gasteiger partial charge is 0.488 e. The van der Waals surface area contributed by atoms with Gasteiger partial charge < -0.3 is 63.7 Å². The maximum atomic E-state index is 9.60. The van der Waals surface area contributed by atoms with E-state index in [0.717, 1.165) is 208 Å². The number of para-hydroxylation sites is 8. The lowest BCUT2D eigenvalue weighted by Crippen LogP contribution is -2.29. The van der Waals surface area contributed by atoms with Crippen LogP contribution in [0.5, 0.6) is 0 Å². The van der Waals surface area contributed by atoms with Gasteiger partial charge in [0, 0.05) is 156 Å². The van der Waals surface area contributed by atoms with E-state index in [-0.39, 0.29) is 0 Å². The average Bonchev–Trinajstić information content (AvgIpc) is 1.57. The molecule has 2 N–H and O–H groups in total. The molecule has 136 heavy (non-hydrogen) atoms. The Bertz CT molecular complexity index is 10300. The van der Waals surface area contributed by atoms with Gasteiger partial charge in [0.05, 0.1) is 44.1 Å². The van der Waals surface area contributed by atoms with Crippen molar-refractivity contribution in [2.75, 3.05) is 0 Å². The molecular formula is C120H66BBrN4O10. The van der Waals surface area contributed by atoms with Crippen LogP contribution in [0, 0.1) is 0 Å². The van der Waals surface area contributed by atoms with Crippen LogP contribution in [-0.4, -0.2) is 35.4 Å². The Morgan fingerprint density at radius 2 is 0.360 bits per heavy atom. The van der Waals surface area contributed by atoms with Crippen molar-refractivity contribution in [1.82, 2.24) is 18.3 Å². The molecule has 12 aromatic heterocycles. The quantitative estimate of drug-likeness (QED) is 0.153. The lowest BCUT2D eigenvalue weighted by molar-refractivity contribution is 0.426. The number of hydrogen-bond acceptors (Lipinski definition) is 10. The van der Waals surface area contributed by atoms with E-state index in [0.29, 0.717) is 22.2 Å². The molecule has 32 aromatic rings. The number of rotatable bonds is 6. The highest BCUT2D eigenvalue weighted by atomic mass is 79.9. The van der Waals surface area contributed by atoms with Crippen molar-refractivity contribution >= 4 is 291 Å². The first-order valence-corrected chi connectivity index (χ1v) is 46.2. The normalized spacial score (nSPS) is 12.4. The lowest BCUT2D eigenvalue weighted by Gasteiger charge is -2.07. The third kappa shape index (κ3) is 10.8. The van der Waals surface area contributed by atoms with E-state index in [2.05, 4.69) is 380 Å². The summed E-state index contributed by atoms with van der Waals surface area (Å²) in [6, 6.07) is 135. The highest BCUT2D eigenvalue weighted by Crippen LogP contribution is 2.49. The van der Waals surface area contributed by atoms with Gasteiger partial charge >= 0.3 is 7.12 Å². The molecule has 16 heteroatoms. The SMILES string of the molecule is Brc1ccc2oc3c(ccc4c5cc(-n6c7ccccc7c7ccccc76)ccc5oc43)c2c1.OB(O)c1ccc2oc3c(ccc4c5cc(-n6c7ccccc7c7ccccc76)ccc5oc43)c2c1.c1ccc2c(c1)c1ccccc1n2-c1ccc2oc3c(ccc4c5cc(-c6ccc7oc8c(ccc9c%10cc(-n%11c%12ccccc%12c%12ccccc%12%11)ccc%10oc98)c7c6)ccc5oc43)c2c1. The van der Waals surface area contributed by atoms with Crippen LogP contribution in [0.1, 0.15) is 0 Å². The summed E-state index contributed by atoms with van der Waals surface area (Å²) in [4.78, 5) is 0. The summed E-state index contributed by atoms with van der Waals surface area (Å²) < 4.78 is 61.9. The van der Waals surface area contributed by atoms with E-state index < -0.39 is 7.12 Å². The van der Waals surface area contributed by atoms with Crippen molar-refractivity contribution in [3.63, 3.8) is 0 Å². The number of furan rings is 8. The fraction of sp³-hybridized carbons (Fsp3) is 0. The van der Waals surface area contributed by atoms with Crippen LogP contribution in [0.3, 0.4) is 0 Å². The molecule has 0 atom stereocenters. The predicted octanol–water partition coefficient (Wildman–Crippen LogP) is 32.8. The van der Waals surface area contributed by atoms with Crippen LogP contribution in [0.2, 0.25) is 0 Å². The van der Waals surface area contributed by atoms with E-state index in [1.807, 2.05) is 24.3 Å². The van der Waals surface area contributed by atoms with E-state index in [1.54, 1.807) is 18.2 Å². The Kier molecular flexibility index (Phi) is 15.6. The number of benzene rings is 20. The summed E-state index contributed by atoms with van der Waals surface area (Å²) in [6.45, 7) is 0. The highest BCUT2D eigenvalue weighted by Gasteiger charge is 2.27. The van der Waals surface area contributed by atoms with E-state index in [4.69, 9.17) is 35.3 Å². The molecule has 14 nitrogen and oxygen atoms in total. The monoisotopic (exact) mass is 1810 g/mol. The van der Waals surface area contributed by atoms with Crippen molar-refractivity contribution in [2.24, 2.45) is 0 Å². The zero-order chi connectivity index (χ0) is 89.1. The van der Waals surface area contributed by atoms with Crippen molar-refractivity contribution < 1.29 is 45.4 Å². The van der Waals surface area contributed by atoms with Crippen molar-refractivity contribution in [1.29, 1.82) is 0 Å². The minimum Gasteiger partial charge on any atom is -0.452 e. The van der Waals surface area contributed by atoms with Gasteiger partial charge in [-0.1, -0.05) is 186 Å². The third-order valence-electron chi connectivity index (χ3n) is 28.2. The van der Waals surface area contributed by atoms with Gasteiger partial charge in [-0.3, -0.25) is 0 Å². The number of hydrogen-bond donors (Lipinski definition) is 2. The standard InChI is InChI=1S/C60H32N2O4.C30H18BNO4.C30H16BrNO2/c1-5-13-49-37(9-1)38-10-2-6-14-50(38)61(49)35-19-27-55-47(31-35)43-23-21-41-45-29-33(17-25-53(45)63-57(41)59(43)65-55)34-18-26-54-46(30-34)42-22-24-44-48-32-36(20-28-56(48)66-60(44)58(42)64-54)62-51-15-7-3-11-39(51)40-12-4-8-16-52(40)62;33-31(34)17-9-13-27-23(15-17)21-11-12-22-24-16-18(10-14-28(24)36-30(22)29(21)35-27)32-25-7-3-1-5-19(25)20-6-2-4-8-26(20)32;31-17-9-13-27-23(15-17)21-11-12-22-24-16-18(10-14-28(24)34-30(22)29(21)33-27)32-25-7-3-1-5-19(25)20-6-2-4-8-26(20)32/h1-32H;1-16,33-34H;1-16H. The van der Waals surface area contributed by atoms with Gasteiger partial charge in [0.2, 0.25) is 0 Å². The molecule has 0 aliphatic heterocycles. The van der Waals surface area contributed by atoms with Gasteiger partial charge in [0.15, 0.2) is 44.7 Å². The first-order valence-electron chi connectivity index (χ1n) is 45.4. The molecule has 0 radical (unpaired) electrons. The van der Waals surface area contributed by atoms with Gasteiger partial charge in [-0.2, -0.15) is 0 Å². The Morgan fingerprint density at radius 1 is 0.169 bits per heavy atom. The number of aromatic nitrogens is 4. The van der Waals surface area contributed by atoms with E-state index in [9.17, 15) is 10.0 Å². The summed E-state index contributed by atoms with van der Waals surface area (Å²) >= 11 is 3.57. The Hall–Kier alpha value is -17.5. The zero-order valence-electron chi connectivity index (χ0n) is 71.9. The van der Waals surface area contributed by atoms with E-state index in [1.165, 1.54) is 76.2 Å². The lowest BCUT2D eigenvalue weighted by atomic mass is 9.80. The van der Waals surface area contributed by atoms with Crippen LogP contribution in [-0.2, 0) is 0 Å². The number of halogens is 1. The Balaban J connectivity index is 0.000000106. The first-order chi connectivity index (χ1) is 67.1. The molecule has 0 unspecified atom stereocenters. The number of fused-ring (bicyclic) bond motifs is 40. The Labute approximate surface area is 776 Å². The second kappa shape index (κ2) is 28.3. The Morgan fingerprint density at radius 3 is 0.596 bits per heavy atom. The van der Waals surface area contributed by atoms with Gasteiger partial charge in [0.1, 0.15) is 44.7 Å². The topological polar surface area (TPSA) is 165 Å². The van der Waals surface area contributed by atoms with Crippen LogP contribution in [0.15, 0.2) is 428 Å². The molecule has 0 saturated heterocycles. The highest BCUT2D eigenvalue weighted by molar-refractivity contribution is 9.10. The first kappa shape index (κ1) is 75.2. The minimum absolute atomic E-state index is 0.422. The van der Waals surface area contributed by atoms with Gasteiger partial charge in [-0.15, -0.1) is 0 Å². The summed E-state index contributed by atoms with van der Waals surface area (Å²) in [5, 5.41) is 45.4. The van der Waals surface area contributed by atoms with Crippen LogP contribution < -0.4 is 5.46 Å². The summed E-state index contributed by atoms with van der Waals surface area (Å²) in [7, 11) is -1.53. The van der Waals surface area contributed by atoms with Crippen molar-refractivity contribution in [3.05, 3.63) is 393 Å². The molecule has 0 saturated carbocycles. The molecule has 20 aromatic carbocycles. The molecule has 32 rings (SSSR count). The second-order valence-electron chi connectivity index (χ2n) is 35.5. The van der Waals surface area contributed by atoms with Crippen molar-refractivity contribution in [2.45, 2.75) is 0 Å². The molecule has 0 spiro atoms. The van der Waals surface area contributed by atoms with Crippen molar-refractivity contribution in [3.8, 4) is 33.9 Å². The summed E-state index contributed by atoms with van der Waals surface area (Å²) in [5.74, 6) is 0. The van der Waals surface area contributed by atoms with Crippen LogP contribution >= 0.6 is 15.9 Å². The van der Waals surface area contributed by atoms with Crippen LogP contribution in [0.25, 0.3) is 297 Å². The molecular weight excluding hydrogens is 1750 g/mol. The number of nitrogens with zero attached hydrogens (tertiary/aromatic N) is 4. The smallest absolute Gasteiger partial charge is 0.452 e. The van der Waals surface area contributed by atoms with Gasteiger partial charge in [-0.25, -0.2) is 0 Å². The fourth-order valence-electron chi connectivity index (χ4n) is 22.1. The average molecular weight is 1810 g/mol. The summed E-state index contributed by atoms with van der Waals surface area (Å²) in [6.07, 6.45) is 0. The fourth-order valence-corrected chi connectivity index (χ4v) is 22.5. The molecule has 12 heterocycles.